The maximum absolute atomic E-state index is 11.3. The summed E-state index contributed by atoms with van der Waals surface area (Å²) in [7, 11) is 0. The monoisotopic (exact) mass is 300 g/mol. The lowest BCUT2D eigenvalue weighted by Crippen LogP contribution is -2.30. The molecule has 1 unspecified atom stereocenters. The Morgan fingerprint density at radius 1 is 1.48 bits per heavy atom. The molecule has 0 spiro atoms. The molecule has 1 aliphatic heterocycles. The molecule has 0 radical (unpaired) electrons. The summed E-state index contributed by atoms with van der Waals surface area (Å²) >= 11 is 1.77. The summed E-state index contributed by atoms with van der Waals surface area (Å²) in [5.41, 5.74) is 5.79. The average molecular weight is 300 g/mol. The first-order valence-electron chi connectivity index (χ1n) is 6.99. The SMILES string of the molecule is C=CCSc1ccc(C(C)=CC2=NNC(=O)CC2C)cc1. The van der Waals surface area contributed by atoms with Crippen molar-refractivity contribution in [3.05, 3.63) is 48.6 Å². The lowest BCUT2D eigenvalue weighted by atomic mass is 9.96. The first kappa shape index (κ1) is 15.6. The molecule has 0 bridgehead atoms. The van der Waals surface area contributed by atoms with Crippen molar-refractivity contribution in [1.82, 2.24) is 5.43 Å². The van der Waals surface area contributed by atoms with Crippen molar-refractivity contribution in [2.75, 3.05) is 5.75 Å². The van der Waals surface area contributed by atoms with Gasteiger partial charge in [0.15, 0.2) is 0 Å². The molecule has 0 fully saturated rings. The number of carbonyl (C=O) groups excluding carboxylic acids is 1. The highest BCUT2D eigenvalue weighted by Gasteiger charge is 2.18. The van der Waals surface area contributed by atoms with Gasteiger partial charge in [0, 0.05) is 23.0 Å². The van der Waals surface area contributed by atoms with Gasteiger partial charge >= 0.3 is 0 Å². The summed E-state index contributed by atoms with van der Waals surface area (Å²) in [4.78, 5) is 12.5. The second kappa shape index (κ2) is 7.27. The molecule has 1 aliphatic rings. The van der Waals surface area contributed by atoms with Crippen LogP contribution in [0.2, 0.25) is 0 Å². The number of amides is 1. The second-order valence-electron chi connectivity index (χ2n) is 5.13. The summed E-state index contributed by atoms with van der Waals surface area (Å²) in [6.07, 6.45) is 4.45. The van der Waals surface area contributed by atoms with Gasteiger partial charge in [-0.3, -0.25) is 4.79 Å². The second-order valence-corrected chi connectivity index (χ2v) is 6.22. The molecule has 1 heterocycles. The maximum Gasteiger partial charge on any atom is 0.240 e. The normalized spacial score (nSPS) is 19.0. The maximum atomic E-state index is 11.3. The number of hydrazone groups is 1. The van der Waals surface area contributed by atoms with Crippen LogP contribution in [-0.2, 0) is 4.79 Å². The minimum atomic E-state index is -0.0131. The Labute approximate surface area is 130 Å². The molecular formula is C17H20N2OS. The Balaban J connectivity index is 2.12. The van der Waals surface area contributed by atoms with Crippen LogP contribution in [0.4, 0.5) is 0 Å². The van der Waals surface area contributed by atoms with E-state index < -0.39 is 0 Å². The number of allylic oxidation sites excluding steroid dienone is 2. The fourth-order valence-corrected chi connectivity index (χ4v) is 2.75. The van der Waals surface area contributed by atoms with E-state index in [4.69, 9.17) is 0 Å². The van der Waals surface area contributed by atoms with Gasteiger partial charge in [-0.2, -0.15) is 5.10 Å². The van der Waals surface area contributed by atoms with Gasteiger partial charge in [0.2, 0.25) is 5.91 Å². The molecule has 110 valence electrons. The van der Waals surface area contributed by atoms with Gasteiger partial charge in [0.25, 0.3) is 0 Å². The van der Waals surface area contributed by atoms with Crippen LogP contribution in [0.15, 0.2) is 53.0 Å². The number of carbonyl (C=O) groups is 1. The number of benzene rings is 1. The lowest BCUT2D eigenvalue weighted by molar-refractivity contribution is -0.121. The van der Waals surface area contributed by atoms with Crippen LogP contribution in [-0.4, -0.2) is 17.4 Å². The highest BCUT2D eigenvalue weighted by Crippen LogP contribution is 2.22. The molecule has 3 nitrogen and oxygen atoms in total. The van der Waals surface area contributed by atoms with Crippen LogP contribution in [0.25, 0.3) is 5.57 Å². The van der Waals surface area contributed by atoms with Crippen molar-refractivity contribution in [2.45, 2.75) is 25.2 Å². The smallest absolute Gasteiger partial charge is 0.240 e. The molecular weight excluding hydrogens is 280 g/mol. The van der Waals surface area contributed by atoms with E-state index in [1.807, 2.05) is 13.0 Å². The molecule has 0 saturated heterocycles. The highest BCUT2D eigenvalue weighted by atomic mass is 32.2. The van der Waals surface area contributed by atoms with Gasteiger partial charge < -0.3 is 0 Å². The van der Waals surface area contributed by atoms with Crippen LogP contribution in [0.5, 0.6) is 0 Å². The molecule has 21 heavy (non-hydrogen) atoms. The van der Waals surface area contributed by atoms with Gasteiger partial charge in [0.1, 0.15) is 0 Å². The Morgan fingerprint density at radius 2 is 2.19 bits per heavy atom. The van der Waals surface area contributed by atoms with Crippen LogP contribution in [0, 0.1) is 5.92 Å². The molecule has 4 heteroatoms. The van der Waals surface area contributed by atoms with E-state index in [1.54, 1.807) is 11.8 Å². The first-order valence-corrected chi connectivity index (χ1v) is 7.97. The minimum absolute atomic E-state index is 0.0131. The first-order chi connectivity index (χ1) is 10.1. The molecule has 1 N–H and O–H groups in total. The predicted molar refractivity (Wildman–Crippen MR) is 90.4 cm³/mol. The topological polar surface area (TPSA) is 41.5 Å². The third-order valence-corrected chi connectivity index (χ3v) is 4.36. The fourth-order valence-electron chi connectivity index (χ4n) is 2.11. The van der Waals surface area contributed by atoms with Crippen molar-refractivity contribution in [3.8, 4) is 0 Å². The Kier molecular flexibility index (Phi) is 5.39. The fraction of sp³-hybridized carbons (Fsp3) is 0.294. The summed E-state index contributed by atoms with van der Waals surface area (Å²) in [5.74, 6) is 1.07. The number of hydrogen-bond donors (Lipinski definition) is 1. The van der Waals surface area contributed by atoms with Crippen LogP contribution < -0.4 is 5.43 Å². The summed E-state index contributed by atoms with van der Waals surface area (Å²) in [6, 6.07) is 8.47. The molecule has 1 amide bonds. The Morgan fingerprint density at radius 3 is 2.81 bits per heavy atom. The zero-order valence-electron chi connectivity index (χ0n) is 12.4. The van der Waals surface area contributed by atoms with Gasteiger partial charge in [-0.25, -0.2) is 5.43 Å². The standard InChI is InChI=1S/C17H20N2OS/c1-4-9-21-15-7-5-14(6-8-15)12(2)10-16-13(3)11-17(20)19-18-16/h4-8,10,13H,1,9,11H2,2-3H3,(H,19,20). The van der Waals surface area contributed by atoms with E-state index in [1.165, 1.54) is 10.5 Å². The van der Waals surface area contributed by atoms with Crippen LogP contribution >= 0.6 is 11.8 Å². The van der Waals surface area contributed by atoms with E-state index in [0.717, 1.165) is 17.0 Å². The van der Waals surface area contributed by atoms with Crippen LogP contribution in [0.3, 0.4) is 0 Å². The third kappa shape index (κ3) is 4.33. The summed E-state index contributed by atoms with van der Waals surface area (Å²) in [6.45, 7) is 7.82. The number of hydrogen-bond acceptors (Lipinski definition) is 3. The quantitative estimate of drug-likeness (QED) is 0.662. The van der Waals surface area contributed by atoms with Crippen molar-refractivity contribution in [1.29, 1.82) is 0 Å². The van der Waals surface area contributed by atoms with E-state index in [9.17, 15) is 4.79 Å². The van der Waals surface area contributed by atoms with E-state index in [-0.39, 0.29) is 11.8 Å². The zero-order valence-corrected chi connectivity index (χ0v) is 13.2. The Hall–Kier alpha value is -1.81. The number of nitrogens with one attached hydrogen (secondary N) is 1. The molecule has 0 aromatic heterocycles. The van der Waals surface area contributed by atoms with Gasteiger partial charge in [0.05, 0.1) is 5.71 Å². The van der Waals surface area contributed by atoms with E-state index >= 15 is 0 Å². The summed E-state index contributed by atoms with van der Waals surface area (Å²) < 4.78 is 0. The van der Waals surface area contributed by atoms with E-state index in [0.29, 0.717) is 6.42 Å². The van der Waals surface area contributed by atoms with Gasteiger partial charge in [-0.05, 0) is 36.3 Å². The molecule has 1 aromatic carbocycles. The number of thioether (sulfide) groups is 1. The zero-order chi connectivity index (χ0) is 15.2. The molecule has 0 aliphatic carbocycles. The van der Waals surface area contributed by atoms with Crippen molar-refractivity contribution >= 4 is 29.0 Å². The number of nitrogens with zero attached hydrogens (tertiary/aromatic N) is 1. The summed E-state index contributed by atoms with van der Waals surface area (Å²) in [5, 5.41) is 4.14. The van der Waals surface area contributed by atoms with Gasteiger partial charge in [-0.15, -0.1) is 18.3 Å². The average Bonchev–Trinajstić information content (AvgIpc) is 2.48. The molecule has 1 aromatic rings. The lowest BCUT2D eigenvalue weighted by Gasteiger charge is -2.17. The third-order valence-electron chi connectivity index (χ3n) is 3.35. The van der Waals surface area contributed by atoms with Crippen molar-refractivity contribution < 1.29 is 4.79 Å². The molecule has 1 atom stereocenters. The van der Waals surface area contributed by atoms with Crippen molar-refractivity contribution in [2.24, 2.45) is 11.0 Å². The van der Waals surface area contributed by atoms with Crippen molar-refractivity contribution in [3.63, 3.8) is 0 Å². The largest absolute Gasteiger partial charge is 0.273 e. The molecule has 2 rings (SSSR count). The molecule has 0 saturated carbocycles. The van der Waals surface area contributed by atoms with Gasteiger partial charge in [-0.1, -0.05) is 25.1 Å². The Bertz CT molecular complexity index is 587. The van der Waals surface area contributed by atoms with E-state index in [2.05, 4.69) is 54.4 Å². The predicted octanol–water partition coefficient (Wildman–Crippen LogP) is 3.88. The van der Waals surface area contributed by atoms with Crippen LogP contribution in [0.1, 0.15) is 25.8 Å². The number of rotatable bonds is 5. The highest BCUT2D eigenvalue weighted by molar-refractivity contribution is 7.99. The minimum Gasteiger partial charge on any atom is -0.273 e.